The summed E-state index contributed by atoms with van der Waals surface area (Å²) in [6, 6.07) is 3.96. The highest BCUT2D eigenvalue weighted by Gasteiger charge is 2.17. The van der Waals surface area contributed by atoms with Crippen molar-refractivity contribution < 1.29 is 17.9 Å². The van der Waals surface area contributed by atoms with Gasteiger partial charge in [0.2, 0.25) is 10.0 Å². The summed E-state index contributed by atoms with van der Waals surface area (Å²) in [5.41, 5.74) is 0.152. The molecule has 4 N–H and O–H groups in total. The second-order valence-corrected chi connectivity index (χ2v) is 6.82. The molecular weight excluding hydrogens is 356 g/mol. The Labute approximate surface area is 148 Å². The van der Waals surface area contributed by atoms with E-state index in [9.17, 15) is 13.2 Å². The maximum Gasteiger partial charge on any atom is 0.255 e. The third-order valence-electron chi connectivity index (χ3n) is 3.67. The normalized spacial score (nSPS) is 15.4. The maximum atomic E-state index is 12.3. The van der Waals surface area contributed by atoms with Crippen molar-refractivity contribution in [3.8, 4) is 5.75 Å². The summed E-state index contributed by atoms with van der Waals surface area (Å²) in [4.78, 5) is 14.4. The number of hydrogen-bond donors (Lipinski definition) is 3. The molecule has 0 saturated carbocycles. The molecular formula is C14H23ClN4O4S. The van der Waals surface area contributed by atoms with Crippen LogP contribution in [0.2, 0.25) is 0 Å². The number of piperazine rings is 1. The molecule has 10 heteroatoms. The number of methoxy groups -OCH3 is 1. The number of nitrogens with two attached hydrogens (primary N) is 1. The highest BCUT2D eigenvalue weighted by molar-refractivity contribution is 7.89. The SMILES string of the molecule is COc1ccc(S(N)(=O)=O)cc1C(=O)NCCN1CCNCC1.Cl. The maximum absolute atomic E-state index is 12.3. The van der Waals surface area contributed by atoms with Gasteiger partial charge in [-0.2, -0.15) is 0 Å². The summed E-state index contributed by atoms with van der Waals surface area (Å²) in [7, 11) is -2.45. The highest BCUT2D eigenvalue weighted by Crippen LogP contribution is 2.21. The lowest BCUT2D eigenvalue weighted by atomic mass is 10.2. The number of ether oxygens (including phenoxy) is 1. The van der Waals surface area contributed by atoms with Gasteiger partial charge in [-0.1, -0.05) is 0 Å². The molecule has 1 aromatic rings. The molecule has 1 saturated heterocycles. The van der Waals surface area contributed by atoms with Crippen LogP contribution in [0.1, 0.15) is 10.4 Å². The number of carbonyl (C=O) groups is 1. The summed E-state index contributed by atoms with van der Waals surface area (Å²) in [6.07, 6.45) is 0. The fourth-order valence-corrected chi connectivity index (χ4v) is 2.94. The molecule has 0 aliphatic carbocycles. The minimum absolute atomic E-state index is 0. The molecule has 24 heavy (non-hydrogen) atoms. The summed E-state index contributed by atoms with van der Waals surface area (Å²) >= 11 is 0. The molecule has 0 spiro atoms. The average Bonchev–Trinajstić information content (AvgIpc) is 2.54. The first kappa shape index (κ1) is 20.7. The van der Waals surface area contributed by atoms with E-state index in [1.807, 2.05) is 0 Å². The van der Waals surface area contributed by atoms with Crippen LogP contribution >= 0.6 is 12.4 Å². The zero-order valence-electron chi connectivity index (χ0n) is 13.4. The van der Waals surface area contributed by atoms with E-state index in [1.54, 1.807) is 0 Å². The largest absolute Gasteiger partial charge is 0.496 e. The van der Waals surface area contributed by atoms with Crippen LogP contribution in [0.5, 0.6) is 5.75 Å². The van der Waals surface area contributed by atoms with Gasteiger partial charge < -0.3 is 15.4 Å². The Morgan fingerprint density at radius 3 is 2.62 bits per heavy atom. The molecule has 136 valence electrons. The number of sulfonamides is 1. The molecule has 0 radical (unpaired) electrons. The quantitative estimate of drug-likeness (QED) is 0.609. The lowest BCUT2D eigenvalue weighted by Gasteiger charge is -2.27. The van der Waals surface area contributed by atoms with Crippen molar-refractivity contribution in [1.82, 2.24) is 15.5 Å². The van der Waals surface area contributed by atoms with Crippen LogP contribution in [-0.4, -0.2) is 65.6 Å². The van der Waals surface area contributed by atoms with Crippen LogP contribution in [-0.2, 0) is 10.0 Å². The molecule has 0 bridgehead atoms. The Morgan fingerprint density at radius 1 is 1.38 bits per heavy atom. The number of hydrogen-bond acceptors (Lipinski definition) is 6. The molecule has 1 aromatic carbocycles. The van der Waals surface area contributed by atoms with E-state index < -0.39 is 10.0 Å². The molecule has 8 nitrogen and oxygen atoms in total. The Balaban J connectivity index is 0.00000288. The van der Waals surface area contributed by atoms with Gasteiger partial charge in [-0.3, -0.25) is 9.69 Å². The zero-order chi connectivity index (χ0) is 16.9. The number of nitrogens with one attached hydrogen (secondary N) is 2. The summed E-state index contributed by atoms with van der Waals surface area (Å²) < 4.78 is 28.0. The first-order chi connectivity index (χ1) is 10.9. The van der Waals surface area contributed by atoms with Crippen LogP contribution in [0.3, 0.4) is 0 Å². The predicted octanol–water partition coefficient (Wildman–Crippen LogP) is -0.601. The van der Waals surface area contributed by atoms with Crippen molar-refractivity contribution in [2.24, 2.45) is 5.14 Å². The lowest BCUT2D eigenvalue weighted by molar-refractivity contribution is 0.0944. The van der Waals surface area contributed by atoms with E-state index >= 15 is 0 Å². The van der Waals surface area contributed by atoms with Crippen LogP contribution in [0, 0.1) is 0 Å². The number of benzene rings is 1. The van der Waals surface area contributed by atoms with Crippen LogP contribution in [0.15, 0.2) is 23.1 Å². The predicted molar refractivity (Wildman–Crippen MR) is 93.3 cm³/mol. The Morgan fingerprint density at radius 2 is 2.04 bits per heavy atom. The van der Waals surface area contributed by atoms with E-state index in [2.05, 4.69) is 15.5 Å². The fourth-order valence-electron chi connectivity index (χ4n) is 2.40. The summed E-state index contributed by atoms with van der Waals surface area (Å²) in [5, 5.41) is 11.1. The van der Waals surface area contributed by atoms with Crippen molar-refractivity contribution in [3.05, 3.63) is 23.8 Å². The second kappa shape index (κ2) is 9.19. The summed E-state index contributed by atoms with van der Waals surface area (Å²) in [6.45, 7) is 4.99. The molecule has 1 aliphatic heterocycles. The first-order valence-corrected chi connectivity index (χ1v) is 8.88. The minimum Gasteiger partial charge on any atom is -0.496 e. The monoisotopic (exact) mass is 378 g/mol. The van der Waals surface area contributed by atoms with E-state index in [0.29, 0.717) is 12.3 Å². The lowest BCUT2D eigenvalue weighted by Crippen LogP contribution is -2.46. The number of halogens is 1. The van der Waals surface area contributed by atoms with Gasteiger partial charge in [-0.15, -0.1) is 12.4 Å². The fraction of sp³-hybridized carbons (Fsp3) is 0.500. The van der Waals surface area contributed by atoms with Crippen molar-refractivity contribution in [3.63, 3.8) is 0 Å². The van der Waals surface area contributed by atoms with Crippen molar-refractivity contribution in [2.45, 2.75) is 4.90 Å². The first-order valence-electron chi connectivity index (χ1n) is 7.34. The van der Waals surface area contributed by atoms with Gasteiger partial charge >= 0.3 is 0 Å². The highest BCUT2D eigenvalue weighted by atomic mass is 35.5. The molecule has 1 fully saturated rings. The number of primary sulfonamides is 1. The molecule has 1 heterocycles. The molecule has 0 aromatic heterocycles. The van der Waals surface area contributed by atoms with Crippen LogP contribution in [0.25, 0.3) is 0 Å². The topological polar surface area (TPSA) is 114 Å². The Kier molecular flexibility index (Phi) is 7.91. The smallest absolute Gasteiger partial charge is 0.255 e. The standard InChI is InChI=1S/C14H22N4O4S.ClH/c1-22-13-3-2-11(23(15,20)21)10-12(13)14(19)17-6-9-18-7-4-16-5-8-18;/h2-3,10,16H,4-9H2,1H3,(H,17,19)(H2,15,20,21);1H. The van der Waals surface area contributed by atoms with Gasteiger partial charge in [0, 0.05) is 39.3 Å². The zero-order valence-corrected chi connectivity index (χ0v) is 15.1. The van der Waals surface area contributed by atoms with Gasteiger partial charge in [-0.05, 0) is 18.2 Å². The van der Waals surface area contributed by atoms with E-state index in [1.165, 1.54) is 25.3 Å². The van der Waals surface area contributed by atoms with E-state index in [-0.39, 0.29) is 28.8 Å². The van der Waals surface area contributed by atoms with Gasteiger partial charge in [0.05, 0.1) is 17.6 Å². The van der Waals surface area contributed by atoms with Crippen LogP contribution < -0.4 is 20.5 Å². The number of nitrogens with zero attached hydrogens (tertiary/aromatic N) is 1. The van der Waals surface area contributed by atoms with Gasteiger partial charge in [0.1, 0.15) is 5.75 Å². The van der Waals surface area contributed by atoms with E-state index in [4.69, 9.17) is 9.88 Å². The second-order valence-electron chi connectivity index (χ2n) is 5.25. The minimum atomic E-state index is -3.87. The Hall–Kier alpha value is -1.39. The molecule has 1 aliphatic rings. The van der Waals surface area contributed by atoms with Crippen molar-refractivity contribution in [1.29, 1.82) is 0 Å². The van der Waals surface area contributed by atoms with Crippen molar-refractivity contribution in [2.75, 3.05) is 46.4 Å². The third-order valence-corrected chi connectivity index (χ3v) is 4.58. The van der Waals surface area contributed by atoms with Gasteiger partial charge in [0.15, 0.2) is 0 Å². The third kappa shape index (κ3) is 5.60. The van der Waals surface area contributed by atoms with Gasteiger partial charge in [0.25, 0.3) is 5.91 Å². The average molecular weight is 379 g/mol. The Bertz CT molecular complexity index is 663. The molecule has 0 unspecified atom stereocenters. The molecule has 2 rings (SSSR count). The van der Waals surface area contributed by atoms with E-state index in [0.717, 1.165) is 32.7 Å². The van der Waals surface area contributed by atoms with Gasteiger partial charge in [-0.25, -0.2) is 13.6 Å². The molecule has 1 amide bonds. The van der Waals surface area contributed by atoms with Crippen LogP contribution in [0.4, 0.5) is 0 Å². The number of rotatable bonds is 6. The number of carbonyl (C=O) groups excluding carboxylic acids is 1. The summed E-state index contributed by atoms with van der Waals surface area (Å²) in [5.74, 6) is -0.0837. The molecule has 0 atom stereocenters. The number of amides is 1. The van der Waals surface area contributed by atoms with Crippen molar-refractivity contribution >= 4 is 28.3 Å².